The third kappa shape index (κ3) is 4.06. The molecule has 2 rings (SSSR count). The molecule has 1 unspecified atom stereocenters. The monoisotopic (exact) mass is 282 g/mol. The molecule has 2 heterocycles. The maximum Gasteiger partial charge on any atom is 0.220 e. The molecule has 5 nitrogen and oxygen atoms in total. The van der Waals surface area contributed by atoms with Crippen LogP contribution in [0.2, 0.25) is 5.15 Å². The molecule has 1 saturated heterocycles. The highest BCUT2D eigenvalue weighted by Crippen LogP contribution is 2.18. The van der Waals surface area contributed by atoms with Gasteiger partial charge in [0.2, 0.25) is 5.91 Å². The van der Waals surface area contributed by atoms with E-state index in [1.54, 1.807) is 6.20 Å². The molecular formula is C13H19ClN4O. The lowest BCUT2D eigenvalue weighted by molar-refractivity contribution is -0.121. The van der Waals surface area contributed by atoms with Gasteiger partial charge in [-0.2, -0.15) is 0 Å². The molecule has 1 amide bonds. The maximum atomic E-state index is 11.6. The van der Waals surface area contributed by atoms with Crippen LogP contribution >= 0.6 is 11.6 Å². The van der Waals surface area contributed by atoms with Crippen LogP contribution in [0.4, 0.5) is 5.82 Å². The summed E-state index contributed by atoms with van der Waals surface area (Å²) in [7, 11) is 0. The number of halogens is 1. The van der Waals surface area contributed by atoms with Crippen LogP contribution < -0.4 is 10.2 Å². The number of hydrogen-bond acceptors (Lipinski definition) is 4. The number of amides is 1. The molecule has 1 aliphatic heterocycles. The fraction of sp³-hybridized carbons (Fsp3) is 0.615. The first-order chi connectivity index (χ1) is 9.19. The second-order valence-corrected chi connectivity index (χ2v) is 5.19. The number of nitrogens with one attached hydrogen (secondary N) is 1. The van der Waals surface area contributed by atoms with Crippen molar-refractivity contribution < 1.29 is 4.79 Å². The third-order valence-corrected chi connectivity index (χ3v) is 3.36. The molecule has 1 aromatic heterocycles. The minimum atomic E-state index is 0.131. The Balaban J connectivity index is 1.95. The molecule has 0 spiro atoms. The summed E-state index contributed by atoms with van der Waals surface area (Å²) in [6.07, 6.45) is 6.75. The predicted octanol–water partition coefficient (Wildman–Crippen LogP) is 2.02. The molecule has 6 heteroatoms. The number of nitrogens with zero attached hydrogens (tertiary/aromatic N) is 3. The fourth-order valence-electron chi connectivity index (χ4n) is 2.31. The molecule has 1 aliphatic rings. The Morgan fingerprint density at radius 3 is 3.16 bits per heavy atom. The first-order valence-corrected chi connectivity index (χ1v) is 7.08. The van der Waals surface area contributed by atoms with Crippen LogP contribution in [0.1, 0.15) is 32.6 Å². The summed E-state index contributed by atoms with van der Waals surface area (Å²) in [6, 6.07) is 0.189. The van der Waals surface area contributed by atoms with E-state index in [0.29, 0.717) is 11.6 Å². The van der Waals surface area contributed by atoms with Crippen LogP contribution in [0.25, 0.3) is 0 Å². The molecular weight excluding hydrogens is 264 g/mol. The molecule has 0 bridgehead atoms. The van der Waals surface area contributed by atoms with E-state index in [4.69, 9.17) is 11.6 Å². The topological polar surface area (TPSA) is 58.1 Å². The number of anilines is 1. The van der Waals surface area contributed by atoms with Crippen molar-refractivity contribution in [1.82, 2.24) is 15.3 Å². The van der Waals surface area contributed by atoms with Crippen molar-refractivity contribution in [3.05, 3.63) is 17.5 Å². The molecule has 0 radical (unpaired) electrons. The molecule has 1 fully saturated rings. The standard InChI is InChI=1S/C13H19ClN4O/c1-2-4-13(19)16-10-5-3-6-18(9-10)12-8-15-7-11(14)17-12/h7-8,10H,2-6,9H2,1H3,(H,16,19). The zero-order valence-electron chi connectivity index (χ0n) is 11.1. The van der Waals surface area contributed by atoms with E-state index < -0.39 is 0 Å². The Kier molecular flexibility index (Phi) is 4.96. The summed E-state index contributed by atoms with van der Waals surface area (Å²) in [5.74, 6) is 0.911. The third-order valence-electron chi connectivity index (χ3n) is 3.18. The van der Waals surface area contributed by atoms with Crippen molar-refractivity contribution in [1.29, 1.82) is 0 Å². The van der Waals surface area contributed by atoms with Gasteiger partial charge in [0.1, 0.15) is 11.0 Å². The minimum Gasteiger partial charge on any atom is -0.353 e. The summed E-state index contributed by atoms with van der Waals surface area (Å²) in [6.45, 7) is 3.70. The van der Waals surface area contributed by atoms with Crippen LogP contribution in [0.3, 0.4) is 0 Å². The van der Waals surface area contributed by atoms with E-state index in [1.807, 2.05) is 6.92 Å². The first kappa shape index (κ1) is 14.1. The lowest BCUT2D eigenvalue weighted by atomic mass is 10.1. The number of carbonyl (C=O) groups is 1. The van der Waals surface area contributed by atoms with Crippen molar-refractivity contribution in [3.63, 3.8) is 0 Å². The zero-order valence-corrected chi connectivity index (χ0v) is 11.9. The average molecular weight is 283 g/mol. The van der Waals surface area contributed by atoms with Crippen molar-refractivity contribution in [2.75, 3.05) is 18.0 Å². The summed E-state index contributed by atoms with van der Waals surface area (Å²) >= 11 is 5.86. The summed E-state index contributed by atoms with van der Waals surface area (Å²) in [4.78, 5) is 22.1. The quantitative estimate of drug-likeness (QED) is 0.918. The van der Waals surface area contributed by atoms with E-state index in [1.165, 1.54) is 6.20 Å². The normalized spacial score (nSPS) is 19.3. The number of aromatic nitrogens is 2. The number of piperidine rings is 1. The van der Waals surface area contributed by atoms with Gasteiger partial charge in [-0.1, -0.05) is 18.5 Å². The molecule has 1 N–H and O–H groups in total. The Labute approximate surface area is 118 Å². The van der Waals surface area contributed by atoms with E-state index in [9.17, 15) is 4.79 Å². The predicted molar refractivity (Wildman–Crippen MR) is 75.3 cm³/mol. The molecule has 0 aromatic carbocycles. The van der Waals surface area contributed by atoms with Crippen LogP contribution in [0.15, 0.2) is 12.4 Å². The largest absolute Gasteiger partial charge is 0.353 e. The van der Waals surface area contributed by atoms with Crippen LogP contribution in [-0.4, -0.2) is 35.0 Å². The second kappa shape index (κ2) is 6.70. The maximum absolute atomic E-state index is 11.6. The van der Waals surface area contributed by atoms with E-state index in [0.717, 1.165) is 38.2 Å². The Morgan fingerprint density at radius 1 is 1.58 bits per heavy atom. The zero-order chi connectivity index (χ0) is 13.7. The van der Waals surface area contributed by atoms with Crippen LogP contribution in [0.5, 0.6) is 0 Å². The second-order valence-electron chi connectivity index (χ2n) is 4.80. The molecule has 19 heavy (non-hydrogen) atoms. The van der Waals surface area contributed by atoms with Crippen molar-refractivity contribution in [3.8, 4) is 0 Å². The Hall–Kier alpha value is -1.36. The van der Waals surface area contributed by atoms with Gasteiger partial charge in [0.05, 0.1) is 12.4 Å². The van der Waals surface area contributed by atoms with E-state index in [-0.39, 0.29) is 11.9 Å². The van der Waals surface area contributed by atoms with Gasteiger partial charge >= 0.3 is 0 Å². The highest BCUT2D eigenvalue weighted by atomic mass is 35.5. The van der Waals surface area contributed by atoms with Crippen LogP contribution in [0, 0.1) is 0 Å². The summed E-state index contributed by atoms with van der Waals surface area (Å²) < 4.78 is 0. The highest BCUT2D eigenvalue weighted by Gasteiger charge is 2.22. The van der Waals surface area contributed by atoms with Gasteiger partial charge in [-0.3, -0.25) is 9.78 Å². The molecule has 104 valence electrons. The number of hydrogen-bond donors (Lipinski definition) is 1. The molecule has 1 atom stereocenters. The average Bonchev–Trinajstić information content (AvgIpc) is 2.39. The van der Waals surface area contributed by atoms with Gasteiger partial charge in [0.15, 0.2) is 0 Å². The number of rotatable bonds is 4. The van der Waals surface area contributed by atoms with Gasteiger partial charge in [0, 0.05) is 25.6 Å². The van der Waals surface area contributed by atoms with E-state index in [2.05, 4.69) is 20.2 Å². The fourth-order valence-corrected chi connectivity index (χ4v) is 2.46. The minimum absolute atomic E-state index is 0.131. The lowest BCUT2D eigenvalue weighted by Gasteiger charge is -2.33. The van der Waals surface area contributed by atoms with E-state index >= 15 is 0 Å². The van der Waals surface area contributed by atoms with Gasteiger partial charge in [0.25, 0.3) is 0 Å². The molecule has 0 aliphatic carbocycles. The van der Waals surface area contributed by atoms with Gasteiger partial charge < -0.3 is 10.2 Å². The lowest BCUT2D eigenvalue weighted by Crippen LogP contribution is -2.48. The Morgan fingerprint density at radius 2 is 2.42 bits per heavy atom. The smallest absolute Gasteiger partial charge is 0.220 e. The summed E-state index contributed by atoms with van der Waals surface area (Å²) in [5.41, 5.74) is 0. The molecule has 0 saturated carbocycles. The van der Waals surface area contributed by atoms with Crippen molar-refractivity contribution in [2.24, 2.45) is 0 Å². The first-order valence-electron chi connectivity index (χ1n) is 6.71. The van der Waals surface area contributed by atoms with Crippen molar-refractivity contribution >= 4 is 23.3 Å². The van der Waals surface area contributed by atoms with Gasteiger partial charge in [-0.15, -0.1) is 0 Å². The molecule has 1 aromatic rings. The van der Waals surface area contributed by atoms with Gasteiger partial charge in [-0.05, 0) is 19.3 Å². The van der Waals surface area contributed by atoms with Crippen LogP contribution in [-0.2, 0) is 4.79 Å². The summed E-state index contributed by atoms with van der Waals surface area (Å²) in [5, 5.41) is 3.47. The van der Waals surface area contributed by atoms with Crippen molar-refractivity contribution in [2.45, 2.75) is 38.6 Å². The number of carbonyl (C=O) groups excluding carboxylic acids is 1. The highest BCUT2D eigenvalue weighted by molar-refractivity contribution is 6.29. The van der Waals surface area contributed by atoms with Gasteiger partial charge in [-0.25, -0.2) is 4.98 Å². The SMILES string of the molecule is CCCC(=O)NC1CCCN(c2cncc(Cl)n2)C1. The Bertz CT molecular complexity index is 440.